The Morgan fingerprint density at radius 1 is 1.00 bits per heavy atom. The van der Waals surface area contributed by atoms with E-state index in [1.807, 2.05) is 58.0 Å². The molecular formula is C17H26N2O2. The Morgan fingerprint density at radius 2 is 1.62 bits per heavy atom. The van der Waals surface area contributed by atoms with Crippen molar-refractivity contribution in [2.24, 2.45) is 11.8 Å². The highest BCUT2D eigenvalue weighted by Crippen LogP contribution is 2.11. The molecule has 0 radical (unpaired) electrons. The van der Waals surface area contributed by atoms with E-state index in [0.717, 1.165) is 5.69 Å². The summed E-state index contributed by atoms with van der Waals surface area (Å²) in [4.78, 5) is 24.3. The SMILES string of the molecule is CC(C)CC(=O)N[C@@H](CC(C)C)C(=O)Nc1ccccc1. The summed E-state index contributed by atoms with van der Waals surface area (Å²) in [6, 6.07) is 8.80. The molecule has 1 aromatic rings. The predicted molar refractivity (Wildman–Crippen MR) is 85.9 cm³/mol. The lowest BCUT2D eigenvalue weighted by Crippen LogP contribution is -2.44. The van der Waals surface area contributed by atoms with Crippen LogP contribution < -0.4 is 10.6 Å². The van der Waals surface area contributed by atoms with E-state index < -0.39 is 6.04 Å². The first-order chi connectivity index (χ1) is 9.88. The third-order valence-corrected chi connectivity index (χ3v) is 2.99. The molecule has 0 bridgehead atoms. The van der Waals surface area contributed by atoms with Crippen molar-refractivity contribution in [3.05, 3.63) is 30.3 Å². The maximum absolute atomic E-state index is 12.3. The molecule has 1 rings (SSSR count). The van der Waals surface area contributed by atoms with E-state index in [4.69, 9.17) is 0 Å². The fourth-order valence-corrected chi connectivity index (χ4v) is 2.08. The lowest BCUT2D eigenvalue weighted by Gasteiger charge is -2.20. The average Bonchev–Trinajstić information content (AvgIpc) is 2.37. The van der Waals surface area contributed by atoms with Gasteiger partial charge in [-0.3, -0.25) is 9.59 Å². The van der Waals surface area contributed by atoms with Crippen molar-refractivity contribution in [1.82, 2.24) is 5.32 Å². The Hall–Kier alpha value is -1.84. The Morgan fingerprint density at radius 3 is 2.14 bits per heavy atom. The van der Waals surface area contributed by atoms with E-state index in [2.05, 4.69) is 10.6 Å². The maximum atomic E-state index is 12.3. The van der Waals surface area contributed by atoms with Crippen LogP contribution in [0.15, 0.2) is 30.3 Å². The maximum Gasteiger partial charge on any atom is 0.246 e. The molecule has 0 aliphatic carbocycles. The molecular weight excluding hydrogens is 264 g/mol. The molecule has 0 aromatic heterocycles. The molecule has 116 valence electrons. The molecule has 0 fully saturated rings. The van der Waals surface area contributed by atoms with Gasteiger partial charge in [-0.15, -0.1) is 0 Å². The summed E-state index contributed by atoms with van der Waals surface area (Å²) in [7, 11) is 0. The second-order valence-corrected chi connectivity index (χ2v) is 6.20. The molecule has 21 heavy (non-hydrogen) atoms. The molecule has 0 saturated carbocycles. The zero-order valence-corrected chi connectivity index (χ0v) is 13.3. The molecule has 2 amide bonds. The third-order valence-electron chi connectivity index (χ3n) is 2.99. The highest BCUT2D eigenvalue weighted by molar-refractivity contribution is 5.97. The number of amides is 2. The molecule has 0 heterocycles. The highest BCUT2D eigenvalue weighted by atomic mass is 16.2. The number of carbonyl (C=O) groups is 2. The molecule has 0 spiro atoms. The van der Waals surface area contributed by atoms with Gasteiger partial charge in [-0.25, -0.2) is 0 Å². The van der Waals surface area contributed by atoms with Crippen LogP contribution in [0.2, 0.25) is 0 Å². The number of rotatable bonds is 7. The molecule has 4 nitrogen and oxygen atoms in total. The van der Waals surface area contributed by atoms with Gasteiger partial charge in [0, 0.05) is 12.1 Å². The number of hydrogen-bond acceptors (Lipinski definition) is 2. The molecule has 1 atom stereocenters. The summed E-state index contributed by atoms with van der Waals surface area (Å²) >= 11 is 0. The van der Waals surface area contributed by atoms with Gasteiger partial charge in [0.2, 0.25) is 11.8 Å². The molecule has 1 aromatic carbocycles. The number of nitrogens with one attached hydrogen (secondary N) is 2. The lowest BCUT2D eigenvalue weighted by atomic mass is 10.0. The Balaban J connectivity index is 2.67. The molecule has 2 N–H and O–H groups in total. The lowest BCUT2D eigenvalue weighted by molar-refractivity contribution is -0.127. The predicted octanol–water partition coefficient (Wildman–Crippen LogP) is 3.20. The smallest absolute Gasteiger partial charge is 0.246 e. The molecule has 0 unspecified atom stereocenters. The van der Waals surface area contributed by atoms with Crippen LogP contribution in [0.4, 0.5) is 5.69 Å². The van der Waals surface area contributed by atoms with Crippen molar-refractivity contribution in [3.8, 4) is 0 Å². The first-order valence-corrected chi connectivity index (χ1v) is 7.53. The number of anilines is 1. The second-order valence-electron chi connectivity index (χ2n) is 6.20. The average molecular weight is 290 g/mol. The van der Waals surface area contributed by atoms with Crippen molar-refractivity contribution in [2.75, 3.05) is 5.32 Å². The minimum absolute atomic E-state index is 0.0705. The molecule has 0 aliphatic rings. The number of hydrogen-bond donors (Lipinski definition) is 2. The minimum Gasteiger partial charge on any atom is -0.344 e. The van der Waals surface area contributed by atoms with Gasteiger partial charge in [0.05, 0.1) is 0 Å². The van der Waals surface area contributed by atoms with Gasteiger partial charge < -0.3 is 10.6 Å². The fraction of sp³-hybridized carbons (Fsp3) is 0.529. The van der Waals surface area contributed by atoms with Gasteiger partial charge in [0.15, 0.2) is 0 Å². The summed E-state index contributed by atoms with van der Waals surface area (Å²) in [5, 5.41) is 5.70. The van der Waals surface area contributed by atoms with Crippen LogP contribution >= 0.6 is 0 Å². The first kappa shape index (κ1) is 17.2. The zero-order chi connectivity index (χ0) is 15.8. The fourth-order valence-electron chi connectivity index (χ4n) is 2.08. The van der Waals surface area contributed by atoms with Crippen molar-refractivity contribution in [3.63, 3.8) is 0 Å². The monoisotopic (exact) mass is 290 g/mol. The Bertz CT molecular complexity index is 455. The topological polar surface area (TPSA) is 58.2 Å². The van der Waals surface area contributed by atoms with Crippen LogP contribution in [-0.2, 0) is 9.59 Å². The van der Waals surface area contributed by atoms with E-state index in [-0.39, 0.29) is 17.7 Å². The summed E-state index contributed by atoms with van der Waals surface area (Å²) < 4.78 is 0. The summed E-state index contributed by atoms with van der Waals surface area (Å²) in [5.41, 5.74) is 0.745. The number of benzene rings is 1. The Labute approximate surface area is 127 Å². The van der Waals surface area contributed by atoms with Crippen molar-refractivity contribution < 1.29 is 9.59 Å². The zero-order valence-electron chi connectivity index (χ0n) is 13.3. The van der Waals surface area contributed by atoms with E-state index in [1.54, 1.807) is 0 Å². The third kappa shape index (κ3) is 6.93. The van der Waals surface area contributed by atoms with Gasteiger partial charge in [-0.05, 0) is 30.4 Å². The van der Waals surface area contributed by atoms with E-state index in [1.165, 1.54) is 0 Å². The van der Waals surface area contributed by atoms with Gasteiger partial charge >= 0.3 is 0 Å². The highest BCUT2D eigenvalue weighted by Gasteiger charge is 2.22. The Kier molecular flexibility index (Phi) is 6.92. The molecule has 4 heteroatoms. The summed E-state index contributed by atoms with van der Waals surface area (Å²) in [5.74, 6) is 0.378. The van der Waals surface area contributed by atoms with Crippen molar-refractivity contribution in [1.29, 1.82) is 0 Å². The van der Waals surface area contributed by atoms with Gasteiger partial charge in [0.1, 0.15) is 6.04 Å². The molecule has 0 aliphatic heterocycles. The quantitative estimate of drug-likeness (QED) is 0.810. The second kappa shape index (κ2) is 8.45. The summed E-state index contributed by atoms with van der Waals surface area (Å²) in [6.45, 7) is 8.05. The van der Waals surface area contributed by atoms with Crippen LogP contribution in [0.1, 0.15) is 40.5 Å². The van der Waals surface area contributed by atoms with Crippen LogP contribution in [0.25, 0.3) is 0 Å². The van der Waals surface area contributed by atoms with Gasteiger partial charge in [-0.1, -0.05) is 45.9 Å². The van der Waals surface area contributed by atoms with E-state index >= 15 is 0 Å². The normalized spacial score (nSPS) is 12.3. The number of para-hydroxylation sites is 1. The van der Waals surface area contributed by atoms with Crippen molar-refractivity contribution >= 4 is 17.5 Å². The van der Waals surface area contributed by atoms with E-state index in [0.29, 0.717) is 18.8 Å². The first-order valence-electron chi connectivity index (χ1n) is 7.53. The standard InChI is InChI=1S/C17H26N2O2/c1-12(2)10-15(19-16(20)11-13(3)4)17(21)18-14-8-6-5-7-9-14/h5-9,12-13,15H,10-11H2,1-4H3,(H,18,21)(H,19,20)/t15-/m0/s1. The van der Waals surface area contributed by atoms with Gasteiger partial charge in [-0.2, -0.15) is 0 Å². The van der Waals surface area contributed by atoms with Crippen LogP contribution in [-0.4, -0.2) is 17.9 Å². The minimum atomic E-state index is -0.489. The van der Waals surface area contributed by atoms with Crippen LogP contribution in [0.5, 0.6) is 0 Å². The van der Waals surface area contributed by atoms with E-state index in [9.17, 15) is 9.59 Å². The molecule has 0 saturated heterocycles. The van der Waals surface area contributed by atoms with Crippen LogP contribution in [0.3, 0.4) is 0 Å². The van der Waals surface area contributed by atoms with Crippen LogP contribution in [0, 0.1) is 11.8 Å². The van der Waals surface area contributed by atoms with Gasteiger partial charge in [0.25, 0.3) is 0 Å². The number of carbonyl (C=O) groups excluding carboxylic acids is 2. The summed E-state index contributed by atoms with van der Waals surface area (Å²) in [6.07, 6.45) is 1.07. The van der Waals surface area contributed by atoms with Crippen molar-refractivity contribution in [2.45, 2.75) is 46.6 Å². The largest absolute Gasteiger partial charge is 0.344 e.